The lowest BCUT2D eigenvalue weighted by Gasteiger charge is -2.29. The number of hydrogen-bond acceptors (Lipinski definition) is 5. The minimum atomic E-state index is -0.157. The van der Waals surface area contributed by atoms with E-state index in [2.05, 4.69) is 15.5 Å². The summed E-state index contributed by atoms with van der Waals surface area (Å²) in [6.45, 7) is 2.87. The largest absolute Gasteiger partial charge is 0.349 e. The Balaban J connectivity index is 1.24. The summed E-state index contributed by atoms with van der Waals surface area (Å²) in [4.78, 5) is 39.7. The highest BCUT2D eigenvalue weighted by atomic mass is 32.1. The molecule has 1 fully saturated rings. The fraction of sp³-hybridized carbons (Fsp3) is 0.417. The molecular formula is C24H26N4O3S. The molecule has 3 heterocycles. The zero-order chi connectivity index (χ0) is 22.2. The van der Waals surface area contributed by atoms with Crippen LogP contribution in [-0.4, -0.2) is 39.5 Å². The topological polar surface area (TPSA) is 95.2 Å². The highest BCUT2D eigenvalue weighted by molar-refractivity contribution is 7.10. The number of aromatic amines is 1. The molecule has 5 rings (SSSR count). The Labute approximate surface area is 189 Å². The normalized spacial score (nSPS) is 20.7. The molecule has 32 heavy (non-hydrogen) atoms. The SMILES string of the molecule is CC(=O)N1CCc2c(C(=O)N[C@H]3CC[C@H](c4n[nH]c(=O)c5ccccc54)CC3)csc2C1. The smallest absolute Gasteiger partial charge is 0.272 e. The predicted octanol–water partition coefficient (Wildman–Crippen LogP) is 3.35. The third kappa shape index (κ3) is 3.83. The number of fused-ring (bicyclic) bond motifs is 2. The third-order valence-corrected chi connectivity index (χ3v) is 7.83. The van der Waals surface area contributed by atoms with Crippen LogP contribution in [0.4, 0.5) is 0 Å². The van der Waals surface area contributed by atoms with Crippen molar-refractivity contribution in [2.75, 3.05) is 6.54 Å². The van der Waals surface area contributed by atoms with Gasteiger partial charge in [0.1, 0.15) is 0 Å². The zero-order valence-corrected chi connectivity index (χ0v) is 18.8. The summed E-state index contributed by atoms with van der Waals surface area (Å²) in [5.41, 5.74) is 2.66. The summed E-state index contributed by atoms with van der Waals surface area (Å²) in [5.74, 6) is 0.350. The van der Waals surface area contributed by atoms with Crippen molar-refractivity contribution in [1.29, 1.82) is 0 Å². The molecule has 2 N–H and O–H groups in total. The van der Waals surface area contributed by atoms with Crippen LogP contribution in [0.2, 0.25) is 0 Å². The van der Waals surface area contributed by atoms with E-state index in [1.807, 2.05) is 34.5 Å². The van der Waals surface area contributed by atoms with Crippen molar-refractivity contribution >= 4 is 33.9 Å². The number of hydrogen-bond donors (Lipinski definition) is 2. The van der Waals surface area contributed by atoms with E-state index in [1.54, 1.807) is 18.3 Å². The Morgan fingerprint density at radius 3 is 2.66 bits per heavy atom. The third-order valence-electron chi connectivity index (χ3n) is 6.81. The van der Waals surface area contributed by atoms with Gasteiger partial charge in [-0.25, -0.2) is 5.10 Å². The van der Waals surface area contributed by atoms with E-state index < -0.39 is 0 Å². The van der Waals surface area contributed by atoms with Crippen LogP contribution in [0.1, 0.15) is 65.0 Å². The van der Waals surface area contributed by atoms with Crippen LogP contribution >= 0.6 is 11.3 Å². The first kappa shape index (κ1) is 20.9. The lowest BCUT2D eigenvalue weighted by atomic mass is 9.82. The fourth-order valence-corrected chi connectivity index (χ4v) is 6.10. The average molecular weight is 451 g/mol. The summed E-state index contributed by atoms with van der Waals surface area (Å²) >= 11 is 1.57. The number of nitrogens with zero attached hydrogens (tertiary/aromatic N) is 2. The second kappa shape index (κ2) is 8.50. The van der Waals surface area contributed by atoms with Gasteiger partial charge in [-0.2, -0.15) is 5.10 Å². The molecule has 7 nitrogen and oxygen atoms in total. The predicted molar refractivity (Wildman–Crippen MR) is 124 cm³/mol. The lowest BCUT2D eigenvalue weighted by molar-refractivity contribution is -0.129. The first-order valence-corrected chi connectivity index (χ1v) is 12.0. The van der Waals surface area contributed by atoms with Crippen molar-refractivity contribution in [2.24, 2.45) is 0 Å². The van der Waals surface area contributed by atoms with Crippen molar-refractivity contribution in [3.05, 3.63) is 61.7 Å². The van der Waals surface area contributed by atoms with Gasteiger partial charge in [-0.3, -0.25) is 14.4 Å². The van der Waals surface area contributed by atoms with Crippen molar-refractivity contribution < 1.29 is 9.59 Å². The van der Waals surface area contributed by atoms with Gasteiger partial charge in [0, 0.05) is 41.1 Å². The number of nitrogens with one attached hydrogen (secondary N) is 2. The number of amides is 2. The van der Waals surface area contributed by atoms with Gasteiger partial charge < -0.3 is 10.2 Å². The van der Waals surface area contributed by atoms with E-state index in [-0.39, 0.29) is 29.3 Å². The lowest BCUT2D eigenvalue weighted by Crippen LogP contribution is -2.38. The first-order chi connectivity index (χ1) is 15.5. The average Bonchev–Trinajstić information content (AvgIpc) is 3.24. The number of carbonyl (C=O) groups is 2. The van der Waals surface area contributed by atoms with Gasteiger partial charge in [-0.15, -0.1) is 11.3 Å². The summed E-state index contributed by atoms with van der Waals surface area (Å²) in [6.07, 6.45) is 4.34. The molecule has 2 aliphatic rings. The number of H-pyrrole nitrogens is 1. The number of thiophene rings is 1. The molecule has 1 saturated carbocycles. The summed E-state index contributed by atoms with van der Waals surface area (Å²) in [6, 6.07) is 7.75. The molecule has 166 valence electrons. The molecule has 0 spiro atoms. The minimum absolute atomic E-state index is 0.00478. The van der Waals surface area contributed by atoms with Gasteiger partial charge >= 0.3 is 0 Å². The Hall–Kier alpha value is -3.00. The second-order valence-corrected chi connectivity index (χ2v) is 9.71. The van der Waals surface area contributed by atoms with Crippen molar-refractivity contribution in [3.63, 3.8) is 0 Å². The van der Waals surface area contributed by atoms with Crippen molar-refractivity contribution in [2.45, 2.75) is 57.5 Å². The molecule has 2 amide bonds. The van der Waals surface area contributed by atoms with E-state index in [0.29, 0.717) is 18.5 Å². The summed E-state index contributed by atoms with van der Waals surface area (Å²) < 4.78 is 0. The molecule has 0 bridgehead atoms. The molecule has 2 aromatic heterocycles. The molecule has 1 aliphatic carbocycles. The number of aromatic nitrogens is 2. The maximum atomic E-state index is 13.0. The van der Waals surface area contributed by atoms with Crippen LogP contribution in [0.15, 0.2) is 34.4 Å². The molecule has 0 radical (unpaired) electrons. The molecular weight excluding hydrogens is 424 g/mol. The van der Waals surface area contributed by atoms with Gasteiger partial charge in [-0.1, -0.05) is 18.2 Å². The van der Waals surface area contributed by atoms with Crippen molar-refractivity contribution in [1.82, 2.24) is 20.4 Å². The zero-order valence-electron chi connectivity index (χ0n) is 18.0. The van der Waals surface area contributed by atoms with Crippen LogP contribution < -0.4 is 10.9 Å². The maximum Gasteiger partial charge on any atom is 0.272 e. The van der Waals surface area contributed by atoms with Crippen LogP contribution in [0.5, 0.6) is 0 Å². The van der Waals surface area contributed by atoms with Gasteiger partial charge in [0.05, 0.1) is 23.2 Å². The Morgan fingerprint density at radius 1 is 1.16 bits per heavy atom. The van der Waals surface area contributed by atoms with Crippen LogP contribution in [-0.2, 0) is 17.8 Å². The van der Waals surface area contributed by atoms with Crippen LogP contribution in [0.3, 0.4) is 0 Å². The first-order valence-electron chi connectivity index (χ1n) is 11.1. The van der Waals surface area contributed by atoms with Crippen molar-refractivity contribution in [3.8, 4) is 0 Å². The van der Waals surface area contributed by atoms with Gasteiger partial charge in [-0.05, 0) is 43.7 Å². The van der Waals surface area contributed by atoms with E-state index in [0.717, 1.165) is 59.2 Å². The molecule has 0 saturated heterocycles. The van der Waals surface area contributed by atoms with Gasteiger partial charge in [0.15, 0.2) is 0 Å². The summed E-state index contributed by atoms with van der Waals surface area (Å²) in [7, 11) is 0. The highest BCUT2D eigenvalue weighted by Gasteiger charge is 2.29. The van der Waals surface area contributed by atoms with E-state index in [4.69, 9.17) is 0 Å². The molecule has 8 heteroatoms. The molecule has 1 aliphatic heterocycles. The molecule has 0 unspecified atom stereocenters. The quantitative estimate of drug-likeness (QED) is 0.640. The number of carbonyl (C=O) groups excluding carboxylic acids is 2. The molecule has 0 atom stereocenters. The Kier molecular flexibility index (Phi) is 5.55. The molecule has 1 aromatic carbocycles. The standard InChI is InChI=1S/C24H26N4O3S/c1-14(29)28-11-10-17-20(13-32-21(17)12-28)23(30)25-16-8-6-15(7-9-16)22-18-4-2-3-5-19(18)24(31)27-26-22/h2-5,13,15-16H,6-12H2,1H3,(H,25,30)(H,27,31)/t15-,16-. The van der Waals surface area contributed by atoms with Gasteiger partial charge in [0.25, 0.3) is 11.5 Å². The van der Waals surface area contributed by atoms with Crippen LogP contribution in [0.25, 0.3) is 10.8 Å². The minimum Gasteiger partial charge on any atom is -0.349 e. The monoisotopic (exact) mass is 450 g/mol. The Bertz CT molecular complexity index is 1240. The van der Waals surface area contributed by atoms with E-state index in [1.165, 1.54) is 0 Å². The fourth-order valence-electron chi connectivity index (χ4n) is 5.01. The van der Waals surface area contributed by atoms with E-state index >= 15 is 0 Å². The maximum absolute atomic E-state index is 13.0. The number of benzene rings is 1. The summed E-state index contributed by atoms with van der Waals surface area (Å²) in [5, 5.41) is 13.8. The molecule has 3 aromatic rings. The second-order valence-electron chi connectivity index (χ2n) is 8.75. The van der Waals surface area contributed by atoms with Crippen LogP contribution in [0, 0.1) is 0 Å². The highest BCUT2D eigenvalue weighted by Crippen LogP contribution is 2.35. The van der Waals surface area contributed by atoms with E-state index in [9.17, 15) is 14.4 Å². The Morgan fingerprint density at radius 2 is 1.91 bits per heavy atom. The number of rotatable bonds is 3. The van der Waals surface area contributed by atoms with Gasteiger partial charge in [0.2, 0.25) is 5.91 Å².